The van der Waals surface area contributed by atoms with E-state index in [0.717, 1.165) is 30.8 Å². The van der Waals surface area contributed by atoms with Gasteiger partial charge in [0, 0.05) is 18.5 Å². The van der Waals surface area contributed by atoms with Gasteiger partial charge in [0.25, 0.3) is 0 Å². The van der Waals surface area contributed by atoms with E-state index in [0.29, 0.717) is 12.1 Å². The van der Waals surface area contributed by atoms with Gasteiger partial charge in [-0.1, -0.05) is 45.6 Å². The van der Waals surface area contributed by atoms with Crippen molar-refractivity contribution in [3.63, 3.8) is 0 Å². The molecule has 0 saturated carbocycles. The highest BCUT2D eigenvalue weighted by Gasteiger charge is 2.14. The largest absolute Gasteiger partial charge is 0.352 e. The number of amides is 1. The van der Waals surface area contributed by atoms with Gasteiger partial charge in [-0.25, -0.2) is 0 Å². The monoisotopic (exact) mass is 313 g/mol. The van der Waals surface area contributed by atoms with Crippen LogP contribution >= 0.6 is 0 Å². The smallest absolute Gasteiger partial charge is 0.246 e. The molecular weight excluding hydrogens is 276 g/mol. The molecule has 0 bridgehead atoms. The average Bonchev–Trinajstić information content (AvgIpc) is 2.46. The first-order valence-corrected chi connectivity index (χ1v) is 8.72. The van der Waals surface area contributed by atoms with Crippen LogP contribution in [0.1, 0.15) is 58.8 Å². The third-order valence-electron chi connectivity index (χ3n) is 3.70. The van der Waals surface area contributed by atoms with Crippen molar-refractivity contribution >= 4 is 5.91 Å². The summed E-state index contributed by atoms with van der Waals surface area (Å²) in [6.07, 6.45) is 8.73. The van der Waals surface area contributed by atoms with Gasteiger partial charge in [0.05, 0.1) is 27.2 Å². The molecule has 4 heteroatoms. The van der Waals surface area contributed by atoms with Gasteiger partial charge in [-0.05, 0) is 13.3 Å². The van der Waals surface area contributed by atoms with Gasteiger partial charge in [-0.3, -0.25) is 4.79 Å². The Labute approximate surface area is 137 Å². The van der Waals surface area contributed by atoms with Gasteiger partial charge >= 0.3 is 0 Å². The van der Waals surface area contributed by atoms with Crippen LogP contribution in [0, 0.1) is 0 Å². The molecular formula is C18H37N2O2+. The van der Waals surface area contributed by atoms with E-state index in [1.807, 2.05) is 0 Å². The maximum absolute atomic E-state index is 11.4. The van der Waals surface area contributed by atoms with Gasteiger partial charge in [0.2, 0.25) is 5.91 Å². The van der Waals surface area contributed by atoms with Gasteiger partial charge in [0.1, 0.15) is 0 Å². The molecule has 0 aliphatic rings. The predicted octanol–water partition coefficient (Wildman–Crippen LogP) is 3.48. The first-order valence-electron chi connectivity index (χ1n) is 8.72. The molecule has 0 aromatic carbocycles. The highest BCUT2D eigenvalue weighted by Crippen LogP contribution is 2.06. The summed E-state index contributed by atoms with van der Waals surface area (Å²) in [5.41, 5.74) is 0.566. The summed E-state index contributed by atoms with van der Waals surface area (Å²) >= 11 is 0. The zero-order valence-electron chi connectivity index (χ0n) is 15.2. The second-order valence-corrected chi connectivity index (χ2v) is 6.85. The molecule has 0 rings (SSSR count). The molecule has 0 aromatic heterocycles. The van der Waals surface area contributed by atoms with Crippen LogP contribution in [0.3, 0.4) is 0 Å². The van der Waals surface area contributed by atoms with Gasteiger partial charge in [-0.15, -0.1) is 0 Å². The molecule has 0 saturated heterocycles. The van der Waals surface area contributed by atoms with E-state index in [2.05, 4.69) is 32.9 Å². The van der Waals surface area contributed by atoms with Crippen LogP contribution in [0.4, 0.5) is 0 Å². The van der Waals surface area contributed by atoms with E-state index in [-0.39, 0.29) is 5.91 Å². The lowest BCUT2D eigenvalue weighted by molar-refractivity contribution is -0.909. The number of carbonyl (C=O) groups is 1. The lowest BCUT2D eigenvalue weighted by atomic mass is 10.1. The molecule has 0 aliphatic heterocycles. The number of carbonyl (C=O) groups excluding carboxylic acids is 1. The Kier molecular flexibility index (Phi) is 12.2. The fourth-order valence-electron chi connectivity index (χ4n) is 2.22. The molecule has 0 unspecified atom stereocenters. The number of nitrogens with one attached hydrogen (secondary N) is 1. The molecule has 0 spiro atoms. The Bertz CT molecular complexity index is 314. The molecule has 0 fully saturated rings. The standard InChI is InChI=1S/C18H36N2O2/c1-6-7-8-9-10-11-15-22-16-20(4,5)14-12-13-19-18(21)17(2)3/h2,6-16H2,1,3-5H3/p+1. The van der Waals surface area contributed by atoms with E-state index < -0.39 is 0 Å². The Morgan fingerprint density at radius 3 is 2.36 bits per heavy atom. The van der Waals surface area contributed by atoms with Crippen molar-refractivity contribution in [1.29, 1.82) is 0 Å². The van der Waals surface area contributed by atoms with E-state index in [9.17, 15) is 4.79 Å². The molecule has 130 valence electrons. The number of unbranched alkanes of at least 4 members (excludes halogenated alkanes) is 5. The Morgan fingerprint density at radius 2 is 1.73 bits per heavy atom. The van der Waals surface area contributed by atoms with E-state index in [4.69, 9.17) is 4.74 Å². The molecule has 1 N–H and O–H groups in total. The summed E-state index contributed by atoms with van der Waals surface area (Å²) < 4.78 is 6.62. The van der Waals surface area contributed by atoms with E-state index in [1.165, 1.54) is 38.5 Å². The van der Waals surface area contributed by atoms with Crippen molar-refractivity contribution in [2.75, 3.05) is 40.5 Å². The second-order valence-electron chi connectivity index (χ2n) is 6.85. The molecule has 0 heterocycles. The van der Waals surface area contributed by atoms with Crippen LogP contribution in [0.5, 0.6) is 0 Å². The minimum atomic E-state index is -0.0513. The number of ether oxygens (including phenoxy) is 1. The number of hydrogen-bond acceptors (Lipinski definition) is 2. The first kappa shape index (κ1) is 21.1. The molecule has 0 radical (unpaired) electrons. The van der Waals surface area contributed by atoms with Crippen molar-refractivity contribution in [3.05, 3.63) is 12.2 Å². The van der Waals surface area contributed by atoms with Crippen LogP contribution in [0.15, 0.2) is 12.2 Å². The summed E-state index contributed by atoms with van der Waals surface area (Å²) in [4.78, 5) is 11.4. The Balaban J connectivity index is 3.52. The average molecular weight is 314 g/mol. The number of hydrogen-bond donors (Lipinski definition) is 1. The minimum Gasteiger partial charge on any atom is -0.352 e. The van der Waals surface area contributed by atoms with Crippen molar-refractivity contribution in [2.45, 2.75) is 58.8 Å². The van der Waals surface area contributed by atoms with Crippen molar-refractivity contribution in [3.8, 4) is 0 Å². The van der Waals surface area contributed by atoms with Crippen molar-refractivity contribution in [1.82, 2.24) is 5.32 Å². The van der Waals surface area contributed by atoms with Gasteiger partial charge in [-0.2, -0.15) is 0 Å². The summed E-state index contributed by atoms with van der Waals surface area (Å²) in [5, 5.41) is 2.87. The van der Waals surface area contributed by atoms with Crippen molar-refractivity contribution < 1.29 is 14.0 Å². The van der Waals surface area contributed by atoms with E-state index >= 15 is 0 Å². The summed E-state index contributed by atoms with van der Waals surface area (Å²) in [5.74, 6) is -0.0513. The molecule has 4 nitrogen and oxygen atoms in total. The zero-order valence-corrected chi connectivity index (χ0v) is 15.2. The topological polar surface area (TPSA) is 38.3 Å². The molecule has 22 heavy (non-hydrogen) atoms. The molecule has 0 aromatic rings. The third-order valence-corrected chi connectivity index (χ3v) is 3.70. The van der Waals surface area contributed by atoms with Crippen molar-refractivity contribution in [2.24, 2.45) is 0 Å². The number of nitrogens with zero attached hydrogens (tertiary/aromatic N) is 1. The maximum atomic E-state index is 11.4. The Morgan fingerprint density at radius 1 is 1.09 bits per heavy atom. The SMILES string of the molecule is C=C(C)C(=O)NCCC[N+](C)(C)COCCCCCCCC. The lowest BCUT2D eigenvalue weighted by Crippen LogP contribution is -2.43. The Hall–Kier alpha value is -0.870. The third kappa shape index (κ3) is 12.8. The van der Waals surface area contributed by atoms with E-state index in [1.54, 1.807) is 6.92 Å². The van der Waals surface area contributed by atoms with Gasteiger partial charge in [0.15, 0.2) is 6.73 Å². The summed E-state index contributed by atoms with van der Waals surface area (Å²) in [6.45, 7) is 10.9. The normalized spacial score (nSPS) is 11.5. The number of rotatable bonds is 14. The highest BCUT2D eigenvalue weighted by molar-refractivity contribution is 5.91. The minimum absolute atomic E-state index is 0.0513. The first-order chi connectivity index (χ1) is 10.4. The van der Waals surface area contributed by atoms with Crippen LogP contribution in [-0.2, 0) is 9.53 Å². The van der Waals surface area contributed by atoms with Crippen LogP contribution in [-0.4, -0.2) is 50.9 Å². The second kappa shape index (κ2) is 12.7. The molecule has 0 atom stereocenters. The van der Waals surface area contributed by atoms with Crippen LogP contribution in [0.2, 0.25) is 0 Å². The fourth-order valence-corrected chi connectivity index (χ4v) is 2.22. The molecule has 0 aliphatic carbocycles. The highest BCUT2D eigenvalue weighted by atomic mass is 16.5. The predicted molar refractivity (Wildman–Crippen MR) is 93.6 cm³/mol. The van der Waals surface area contributed by atoms with Crippen LogP contribution < -0.4 is 5.32 Å². The van der Waals surface area contributed by atoms with Gasteiger partial charge < -0.3 is 14.5 Å². The molecule has 1 amide bonds. The fraction of sp³-hybridized carbons (Fsp3) is 0.833. The quantitative estimate of drug-likeness (QED) is 0.231. The maximum Gasteiger partial charge on any atom is 0.246 e. The lowest BCUT2D eigenvalue weighted by Gasteiger charge is -2.29. The number of quaternary nitrogens is 1. The van der Waals surface area contributed by atoms with Crippen LogP contribution in [0.25, 0.3) is 0 Å². The summed E-state index contributed by atoms with van der Waals surface area (Å²) in [7, 11) is 4.34. The summed E-state index contributed by atoms with van der Waals surface area (Å²) in [6, 6.07) is 0. The zero-order chi connectivity index (χ0) is 16.8.